The van der Waals surface area contributed by atoms with Gasteiger partial charge in [0.2, 0.25) is 0 Å². The van der Waals surface area contributed by atoms with E-state index in [1.165, 1.54) is 5.56 Å². The molecule has 0 aliphatic carbocycles. The van der Waals surface area contributed by atoms with Crippen molar-refractivity contribution in [2.45, 2.75) is 24.4 Å². The molecule has 2 aromatic carbocycles. The third kappa shape index (κ3) is 4.45. The third-order valence-corrected chi connectivity index (χ3v) is 6.61. The summed E-state index contributed by atoms with van der Waals surface area (Å²) in [6.07, 6.45) is 1.84. The summed E-state index contributed by atoms with van der Waals surface area (Å²) >= 11 is 9.64. The van der Waals surface area contributed by atoms with Gasteiger partial charge in [-0.15, -0.1) is 28.1 Å². The molecule has 0 aliphatic heterocycles. The van der Waals surface area contributed by atoms with E-state index in [9.17, 15) is 0 Å². The number of allylic oxidation sites excluding steroid dienone is 1. The molecule has 146 valence electrons. The fraction of sp³-hybridized carbons (Fsp3) is 0.136. The van der Waals surface area contributed by atoms with Gasteiger partial charge in [0.05, 0.1) is 10.7 Å². The van der Waals surface area contributed by atoms with Gasteiger partial charge < -0.3 is 0 Å². The molecule has 29 heavy (non-hydrogen) atoms. The maximum Gasteiger partial charge on any atom is 0.192 e. The molecular formula is C22H19ClN4S2. The van der Waals surface area contributed by atoms with Crippen LogP contribution in [0.2, 0.25) is 5.02 Å². The molecular weight excluding hydrogens is 420 g/mol. The summed E-state index contributed by atoms with van der Waals surface area (Å²) in [6.45, 7) is 6.57. The van der Waals surface area contributed by atoms with Crippen LogP contribution in [0.3, 0.4) is 0 Å². The van der Waals surface area contributed by atoms with Crippen molar-refractivity contribution in [2.75, 3.05) is 0 Å². The highest BCUT2D eigenvalue weighted by molar-refractivity contribution is 7.98. The van der Waals surface area contributed by atoms with Crippen LogP contribution in [-0.4, -0.2) is 19.7 Å². The van der Waals surface area contributed by atoms with Gasteiger partial charge in [-0.2, -0.15) is 0 Å². The number of thioether (sulfide) groups is 1. The maximum absolute atomic E-state index is 6.36. The van der Waals surface area contributed by atoms with E-state index < -0.39 is 0 Å². The average Bonchev–Trinajstić information content (AvgIpc) is 3.35. The van der Waals surface area contributed by atoms with E-state index >= 15 is 0 Å². The van der Waals surface area contributed by atoms with Gasteiger partial charge in [-0.25, -0.2) is 4.98 Å². The van der Waals surface area contributed by atoms with Crippen LogP contribution in [0.5, 0.6) is 0 Å². The molecule has 4 aromatic rings. The minimum absolute atomic E-state index is 0.613. The van der Waals surface area contributed by atoms with Gasteiger partial charge in [0.25, 0.3) is 0 Å². The molecule has 7 heteroatoms. The van der Waals surface area contributed by atoms with Crippen molar-refractivity contribution < 1.29 is 0 Å². The van der Waals surface area contributed by atoms with Crippen molar-refractivity contribution in [1.29, 1.82) is 0 Å². The Hall–Kier alpha value is -2.41. The number of thiazole rings is 1. The number of aromatic nitrogens is 4. The zero-order valence-electron chi connectivity index (χ0n) is 15.9. The summed E-state index contributed by atoms with van der Waals surface area (Å²) in [4.78, 5) is 4.78. The molecule has 0 N–H and O–H groups in total. The van der Waals surface area contributed by atoms with E-state index in [0.717, 1.165) is 38.6 Å². The first-order chi connectivity index (χ1) is 14.2. The number of benzene rings is 2. The lowest BCUT2D eigenvalue weighted by Crippen LogP contribution is -2.01. The van der Waals surface area contributed by atoms with Gasteiger partial charge in [-0.05, 0) is 19.1 Å². The molecule has 0 atom stereocenters. The number of halogens is 1. The van der Waals surface area contributed by atoms with Gasteiger partial charge in [-0.1, -0.05) is 71.4 Å². The molecule has 0 saturated carbocycles. The molecule has 0 radical (unpaired) electrons. The quantitative estimate of drug-likeness (QED) is 0.243. The van der Waals surface area contributed by atoms with Gasteiger partial charge in [-0.3, -0.25) is 4.57 Å². The minimum Gasteiger partial charge on any atom is -0.298 e. The zero-order chi connectivity index (χ0) is 20.2. The van der Waals surface area contributed by atoms with Gasteiger partial charge in [0.15, 0.2) is 11.0 Å². The number of rotatable bonds is 7. The van der Waals surface area contributed by atoms with E-state index in [1.807, 2.05) is 34.9 Å². The van der Waals surface area contributed by atoms with E-state index in [2.05, 4.69) is 53.3 Å². The lowest BCUT2D eigenvalue weighted by molar-refractivity contribution is 0.731. The summed E-state index contributed by atoms with van der Waals surface area (Å²) in [7, 11) is 0. The van der Waals surface area contributed by atoms with Crippen molar-refractivity contribution in [3.05, 3.63) is 82.8 Å². The molecule has 2 aromatic heterocycles. The second-order valence-corrected chi connectivity index (χ2v) is 8.69. The molecule has 0 spiro atoms. The second kappa shape index (κ2) is 8.95. The first-order valence-electron chi connectivity index (χ1n) is 9.09. The topological polar surface area (TPSA) is 43.6 Å². The molecule has 4 rings (SSSR count). The molecule has 0 fully saturated rings. The Kier molecular flexibility index (Phi) is 6.13. The van der Waals surface area contributed by atoms with Crippen molar-refractivity contribution in [3.8, 4) is 22.0 Å². The van der Waals surface area contributed by atoms with Crippen LogP contribution in [0, 0.1) is 6.92 Å². The van der Waals surface area contributed by atoms with Crippen LogP contribution in [0.15, 0.2) is 71.7 Å². The van der Waals surface area contributed by atoms with Crippen LogP contribution >= 0.6 is 34.7 Å². The van der Waals surface area contributed by atoms with Crippen LogP contribution in [0.1, 0.15) is 11.3 Å². The predicted molar refractivity (Wildman–Crippen MR) is 123 cm³/mol. The van der Waals surface area contributed by atoms with Gasteiger partial charge in [0, 0.05) is 28.8 Å². The maximum atomic E-state index is 6.36. The van der Waals surface area contributed by atoms with Crippen LogP contribution < -0.4 is 0 Å². The molecule has 0 aliphatic rings. The number of nitrogens with zero attached hydrogens (tertiary/aromatic N) is 4. The predicted octanol–water partition coefficient (Wildman–Crippen LogP) is 6.51. The van der Waals surface area contributed by atoms with E-state index in [-0.39, 0.29) is 0 Å². The Balaban J connectivity index is 1.54. The summed E-state index contributed by atoms with van der Waals surface area (Å²) in [5, 5.41) is 13.4. The van der Waals surface area contributed by atoms with Crippen molar-refractivity contribution in [2.24, 2.45) is 0 Å². The highest BCUT2D eigenvalue weighted by Crippen LogP contribution is 2.31. The summed E-state index contributed by atoms with van der Waals surface area (Å²) < 4.78 is 2.03. The molecule has 0 amide bonds. The van der Waals surface area contributed by atoms with Gasteiger partial charge >= 0.3 is 0 Å². The van der Waals surface area contributed by atoms with Crippen molar-refractivity contribution in [1.82, 2.24) is 19.7 Å². The zero-order valence-corrected chi connectivity index (χ0v) is 18.3. The number of aryl methyl sites for hydroxylation is 1. The third-order valence-electron chi connectivity index (χ3n) is 4.34. The van der Waals surface area contributed by atoms with E-state index in [0.29, 0.717) is 11.6 Å². The minimum atomic E-state index is 0.613. The van der Waals surface area contributed by atoms with Crippen LogP contribution in [-0.2, 0) is 12.3 Å². The normalized spacial score (nSPS) is 11.0. The van der Waals surface area contributed by atoms with E-state index in [1.54, 1.807) is 23.1 Å². The summed E-state index contributed by atoms with van der Waals surface area (Å²) in [5.41, 5.74) is 4.29. The number of hydrogen-bond acceptors (Lipinski definition) is 5. The van der Waals surface area contributed by atoms with Crippen molar-refractivity contribution in [3.63, 3.8) is 0 Å². The molecule has 0 bridgehead atoms. The standard InChI is InChI=1S/C22H19ClN4S2/c1-3-12-27-20(18-6-4-5-7-19(18)23)25-26-22(27)29-14-17-13-28-21(24-17)16-10-8-15(2)9-11-16/h3-11,13H,1,12,14H2,2H3. The van der Waals surface area contributed by atoms with Crippen LogP contribution in [0.25, 0.3) is 22.0 Å². The number of hydrogen-bond donors (Lipinski definition) is 0. The Morgan fingerprint density at radius 1 is 1.14 bits per heavy atom. The first kappa shape index (κ1) is 19.9. The average molecular weight is 439 g/mol. The SMILES string of the molecule is C=CCn1c(SCc2csc(-c3ccc(C)cc3)n2)nnc1-c1ccccc1Cl. The second-order valence-electron chi connectivity index (χ2n) is 6.48. The highest BCUT2D eigenvalue weighted by atomic mass is 35.5. The fourth-order valence-corrected chi connectivity index (χ4v) is 4.86. The molecule has 0 saturated heterocycles. The first-order valence-corrected chi connectivity index (χ1v) is 11.3. The molecule has 0 unspecified atom stereocenters. The molecule has 2 heterocycles. The molecule has 4 nitrogen and oxygen atoms in total. The van der Waals surface area contributed by atoms with Gasteiger partial charge in [0.1, 0.15) is 5.01 Å². The smallest absolute Gasteiger partial charge is 0.192 e. The Morgan fingerprint density at radius 3 is 2.69 bits per heavy atom. The Bertz CT molecular complexity index is 1130. The fourth-order valence-electron chi connectivity index (χ4n) is 2.87. The van der Waals surface area contributed by atoms with Crippen molar-refractivity contribution >= 4 is 34.7 Å². The monoisotopic (exact) mass is 438 g/mol. The Labute approximate surface area is 183 Å². The lowest BCUT2D eigenvalue weighted by atomic mass is 10.2. The van der Waals surface area contributed by atoms with E-state index in [4.69, 9.17) is 16.6 Å². The highest BCUT2D eigenvalue weighted by Gasteiger charge is 2.16. The largest absolute Gasteiger partial charge is 0.298 e. The summed E-state index contributed by atoms with van der Waals surface area (Å²) in [6, 6.07) is 16.1. The Morgan fingerprint density at radius 2 is 1.93 bits per heavy atom. The van der Waals surface area contributed by atoms with Crippen LogP contribution in [0.4, 0.5) is 0 Å². The summed E-state index contributed by atoms with van der Waals surface area (Å²) in [5.74, 6) is 1.47. The lowest BCUT2D eigenvalue weighted by Gasteiger charge is -2.08.